The Bertz CT molecular complexity index is 1230. The zero-order chi connectivity index (χ0) is 18.5. The Morgan fingerprint density at radius 2 is 1.28 bits per heavy atom. The maximum atomic E-state index is 2.38. The molecule has 0 aliphatic heterocycles. The van der Waals surface area contributed by atoms with E-state index in [1.165, 1.54) is 44.7 Å². The zero-order valence-electron chi connectivity index (χ0n) is 16.3. The average Bonchev–Trinajstić information content (AvgIpc) is 3.26. The van der Waals surface area contributed by atoms with Crippen LogP contribution in [-0.4, -0.2) is 0 Å². The van der Waals surface area contributed by atoms with Gasteiger partial charge in [0.1, 0.15) is 0 Å². The molecule has 1 unspecified atom stereocenters. The molecule has 3 aliphatic carbocycles. The van der Waals surface area contributed by atoms with Crippen molar-refractivity contribution >= 4 is 11.1 Å². The fraction of sp³-hybridized carbons (Fsp3) is 0.143. The fourth-order valence-corrected chi connectivity index (χ4v) is 5.45. The normalized spacial score (nSPS) is 18.1. The van der Waals surface area contributed by atoms with Crippen LogP contribution in [0.3, 0.4) is 0 Å². The van der Waals surface area contributed by atoms with Crippen molar-refractivity contribution in [2.24, 2.45) is 5.92 Å². The second-order valence-corrected chi connectivity index (χ2v) is 8.01. The first-order valence-corrected chi connectivity index (χ1v) is 10.3. The molecule has 0 N–H and O–H groups in total. The first kappa shape index (κ1) is 18.5. The standard InChI is InChI=1S/C28H22.V/c1-5-13-23-19(9-1)20-10-2-6-14-24(20)27(23)17-18-28-25-15-7-3-11-21(25)22-12-4-8-16-26(22)28;/h1-16,23,28H,17-18H2;. The minimum absolute atomic E-state index is 0. The summed E-state index contributed by atoms with van der Waals surface area (Å²) in [5, 5.41) is 2.88. The van der Waals surface area contributed by atoms with Gasteiger partial charge in [-0.25, -0.2) is 0 Å². The third kappa shape index (κ3) is 2.82. The molecule has 0 aromatic heterocycles. The summed E-state index contributed by atoms with van der Waals surface area (Å²) in [6, 6.07) is 26.9. The minimum Gasteiger partial charge on any atom is -0.0729 e. The van der Waals surface area contributed by atoms with Crippen molar-refractivity contribution in [3.63, 3.8) is 0 Å². The predicted octanol–water partition coefficient (Wildman–Crippen LogP) is 5.33. The van der Waals surface area contributed by atoms with E-state index in [9.17, 15) is 0 Å². The van der Waals surface area contributed by atoms with Gasteiger partial charge in [0.25, 0.3) is 0 Å². The molecule has 3 aromatic carbocycles. The van der Waals surface area contributed by atoms with Crippen molar-refractivity contribution in [2.75, 3.05) is 0 Å². The van der Waals surface area contributed by atoms with Gasteiger partial charge in [-0.3, -0.25) is 0 Å². The number of hydrogen-bond acceptors (Lipinski definition) is 0. The van der Waals surface area contributed by atoms with E-state index in [-0.39, 0.29) is 18.6 Å². The zero-order valence-corrected chi connectivity index (χ0v) is 17.7. The van der Waals surface area contributed by atoms with Crippen molar-refractivity contribution in [2.45, 2.75) is 18.8 Å². The summed E-state index contributed by atoms with van der Waals surface area (Å²) < 4.78 is 0. The molecular formula is C28H22V. The molecule has 3 aliphatic rings. The SMILES string of the molecule is C1=CC2=c3ccccc3=C(CCC3c4ccccc4-c4ccccc43)C2C=C1.[V]. The Hall–Kier alpha value is -2.54. The van der Waals surface area contributed by atoms with Gasteiger partial charge in [-0.15, -0.1) is 0 Å². The van der Waals surface area contributed by atoms with Gasteiger partial charge in [0, 0.05) is 30.4 Å². The van der Waals surface area contributed by atoms with Crippen LogP contribution in [0.15, 0.2) is 97.1 Å². The van der Waals surface area contributed by atoms with Crippen molar-refractivity contribution in [3.8, 4) is 11.1 Å². The van der Waals surface area contributed by atoms with Gasteiger partial charge in [0.2, 0.25) is 0 Å². The number of fused-ring (bicyclic) bond motifs is 5. The Labute approximate surface area is 183 Å². The van der Waals surface area contributed by atoms with Gasteiger partial charge in [-0.05, 0) is 51.1 Å². The maximum Gasteiger partial charge on any atom is 0.0246 e. The van der Waals surface area contributed by atoms with Crippen molar-refractivity contribution < 1.29 is 18.6 Å². The molecule has 3 aromatic rings. The Morgan fingerprint density at radius 1 is 0.655 bits per heavy atom. The van der Waals surface area contributed by atoms with Gasteiger partial charge in [0.05, 0.1) is 0 Å². The second kappa shape index (κ2) is 7.37. The molecule has 0 bridgehead atoms. The molecule has 0 fully saturated rings. The van der Waals surface area contributed by atoms with Gasteiger partial charge in [-0.1, -0.05) is 103 Å². The summed E-state index contributed by atoms with van der Waals surface area (Å²) in [5.74, 6) is 0.952. The first-order chi connectivity index (χ1) is 13.9. The van der Waals surface area contributed by atoms with E-state index in [4.69, 9.17) is 0 Å². The summed E-state index contributed by atoms with van der Waals surface area (Å²) in [4.78, 5) is 0. The summed E-state index contributed by atoms with van der Waals surface area (Å²) in [7, 11) is 0. The third-order valence-electron chi connectivity index (χ3n) is 6.65. The average molecular weight is 409 g/mol. The summed E-state index contributed by atoms with van der Waals surface area (Å²) in [6.45, 7) is 0. The summed E-state index contributed by atoms with van der Waals surface area (Å²) in [6.07, 6.45) is 11.4. The number of hydrogen-bond donors (Lipinski definition) is 0. The van der Waals surface area contributed by atoms with Crippen LogP contribution in [0.2, 0.25) is 0 Å². The van der Waals surface area contributed by atoms with Crippen LogP contribution in [0, 0.1) is 5.92 Å². The number of rotatable bonds is 3. The van der Waals surface area contributed by atoms with E-state index in [0.29, 0.717) is 11.8 Å². The van der Waals surface area contributed by atoms with E-state index in [0.717, 1.165) is 6.42 Å². The molecule has 0 saturated carbocycles. The molecule has 6 rings (SSSR count). The molecular weight excluding hydrogens is 387 g/mol. The summed E-state index contributed by atoms with van der Waals surface area (Å²) >= 11 is 0. The topological polar surface area (TPSA) is 0 Å². The monoisotopic (exact) mass is 409 g/mol. The smallest absolute Gasteiger partial charge is 0.0246 e. The molecule has 0 amide bonds. The molecule has 0 saturated heterocycles. The van der Waals surface area contributed by atoms with Gasteiger partial charge < -0.3 is 0 Å². The van der Waals surface area contributed by atoms with E-state index in [1.807, 2.05) is 0 Å². The van der Waals surface area contributed by atoms with Crippen LogP contribution >= 0.6 is 0 Å². The molecule has 1 atom stereocenters. The Morgan fingerprint density at radius 3 is 2.00 bits per heavy atom. The van der Waals surface area contributed by atoms with Crippen molar-refractivity contribution in [3.05, 3.63) is 119 Å². The molecule has 1 radical (unpaired) electrons. The second-order valence-electron chi connectivity index (χ2n) is 8.01. The van der Waals surface area contributed by atoms with Crippen LogP contribution < -0.4 is 10.4 Å². The summed E-state index contributed by atoms with van der Waals surface area (Å²) in [5.41, 5.74) is 8.91. The number of benzene rings is 3. The molecule has 0 nitrogen and oxygen atoms in total. The van der Waals surface area contributed by atoms with E-state index in [2.05, 4.69) is 97.1 Å². The van der Waals surface area contributed by atoms with Crippen LogP contribution in [0.4, 0.5) is 0 Å². The molecule has 1 heteroatoms. The molecule has 0 heterocycles. The Kier molecular flexibility index (Phi) is 4.70. The van der Waals surface area contributed by atoms with Crippen LogP contribution in [-0.2, 0) is 18.6 Å². The maximum absolute atomic E-state index is 2.38. The minimum atomic E-state index is 0. The predicted molar refractivity (Wildman–Crippen MR) is 117 cm³/mol. The molecule has 29 heavy (non-hydrogen) atoms. The molecule has 139 valence electrons. The van der Waals surface area contributed by atoms with Crippen LogP contribution in [0.25, 0.3) is 22.3 Å². The van der Waals surface area contributed by atoms with E-state index < -0.39 is 0 Å². The molecule has 0 spiro atoms. The van der Waals surface area contributed by atoms with Gasteiger partial charge in [-0.2, -0.15) is 0 Å². The van der Waals surface area contributed by atoms with Gasteiger partial charge in [0.15, 0.2) is 0 Å². The van der Waals surface area contributed by atoms with E-state index in [1.54, 1.807) is 5.57 Å². The van der Waals surface area contributed by atoms with Crippen LogP contribution in [0.1, 0.15) is 29.9 Å². The Balaban J connectivity index is 0.00000181. The van der Waals surface area contributed by atoms with E-state index >= 15 is 0 Å². The van der Waals surface area contributed by atoms with Crippen molar-refractivity contribution in [1.82, 2.24) is 0 Å². The van der Waals surface area contributed by atoms with Crippen LogP contribution in [0.5, 0.6) is 0 Å². The van der Waals surface area contributed by atoms with Crippen molar-refractivity contribution in [1.29, 1.82) is 0 Å². The number of allylic oxidation sites excluding steroid dienone is 4. The first-order valence-electron chi connectivity index (χ1n) is 10.3. The quantitative estimate of drug-likeness (QED) is 0.548. The fourth-order valence-electron chi connectivity index (χ4n) is 5.45. The van der Waals surface area contributed by atoms with Gasteiger partial charge >= 0.3 is 0 Å². The third-order valence-corrected chi connectivity index (χ3v) is 6.65. The largest absolute Gasteiger partial charge is 0.0729 e.